The van der Waals surface area contributed by atoms with Crippen molar-refractivity contribution in [3.63, 3.8) is 0 Å². The number of carbonyl (C=O) groups excluding carboxylic acids is 2. The van der Waals surface area contributed by atoms with Crippen LogP contribution >= 0.6 is 11.6 Å². The Labute approximate surface area is 172 Å². The number of benzene rings is 2. The minimum atomic E-state index is -4.04. The van der Waals surface area contributed by atoms with Gasteiger partial charge in [0.1, 0.15) is 6.54 Å². The molecule has 0 fully saturated rings. The van der Waals surface area contributed by atoms with Gasteiger partial charge in [-0.2, -0.15) is 0 Å². The number of nitrogens with one attached hydrogen (secondary N) is 2. The highest BCUT2D eigenvalue weighted by molar-refractivity contribution is 7.90. The third kappa shape index (κ3) is 4.69. The highest BCUT2D eigenvalue weighted by Gasteiger charge is 2.18. The van der Waals surface area contributed by atoms with E-state index in [1.165, 1.54) is 24.3 Å². The Bertz CT molecular complexity index is 1190. The van der Waals surface area contributed by atoms with Crippen LogP contribution in [-0.2, 0) is 26.1 Å². The number of fused-ring (bicyclic) bond motifs is 1. The summed E-state index contributed by atoms with van der Waals surface area (Å²) in [6.45, 7) is 2.02. The molecule has 3 aromatic rings. The van der Waals surface area contributed by atoms with Crippen LogP contribution in [0.2, 0.25) is 5.02 Å². The van der Waals surface area contributed by atoms with Crippen LogP contribution in [0.5, 0.6) is 0 Å². The van der Waals surface area contributed by atoms with Gasteiger partial charge in [-0.15, -0.1) is 0 Å². The molecule has 1 aromatic heterocycles. The van der Waals surface area contributed by atoms with Gasteiger partial charge in [0.25, 0.3) is 10.0 Å². The number of halogens is 1. The summed E-state index contributed by atoms with van der Waals surface area (Å²) in [4.78, 5) is 23.4. The molecular formula is C19H18ClN3O5S. The molecule has 0 aliphatic carbocycles. The number of nitrogens with zero attached hydrogens (tertiary/aromatic N) is 1. The molecule has 0 saturated carbocycles. The first-order valence-electron chi connectivity index (χ1n) is 8.45. The molecule has 2 aromatic carbocycles. The molecule has 0 radical (unpaired) electrons. The molecule has 0 unspecified atom stereocenters. The van der Waals surface area contributed by atoms with Crippen molar-refractivity contribution in [2.75, 3.05) is 12.4 Å². The van der Waals surface area contributed by atoms with E-state index >= 15 is 0 Å². The van der Waals surface area contributed by atoms with Gasteiger partial charge in [0.2, 0.25) is 5.91 Å². The zero-order chi connectivity index (χ0) is 21.2. The number of amides is 2. The fourth-order valence-corrected chi connectivity index (χ4v) is 3.95. The van der Waals surface area contributed by atoms with E-state index in [0.717, 1.165) is 23.6 Å². The van der Waals surface area contributed by atoms with Crippen molar-refractivity contribution in [1.82, 2.24) is 9.29 Å². The molecule has 152 valence electrons. The van der Waals surface area contributed by atoms with E-state index < -0.39 is 16.1 Å². The van der Waals surface area contributed by atoms with Crippen LogP contribution in [0.25, 0.3) is 10.9 Å². The van der Waals surface area contributed by atoms with E-state index in [1.54, 1.807) is 10.8 Å². The third-order valence-corrected chi connectivity index (χ3v) is 5.77. The second-order valence-corrected chi connectivity index (χ2v) is 8.39. The smallest absolute Gasteiger partial charge is 0.420 e. The van der Waals surface area contributed by atoms with Crippen LogP contribution in [0.15, 0.2) is 53.6 Å². The average molecular weight is 436 g/mol. The molecule has 3 rings (SSSR count). The van der Waals surface area contributed by atoms with E-state index in [2.05, 4.69) is 10.1 Å². The summed E-state index contributed by atoms with van der Waals surface area (Å²) < 4.78 is 31.9. The van der Waals surface area contributed by atoms with Crippen LogP contribution in [0.3, 0.4) is 0 Å². The lowest BCUT2D eigenvalue weighted by Gasteiger charge is -2.09. The van der Waals surface area contributed by atoms with E-state index in [4.69, 9.17) is 11.6 Å². The van der Waals surface area contributed by atoms with Crippen molar-refractivity contribution in [1.29, 1.82) is 0 Å². The second kappa shape index (κ2) is 8.14. The van der Waals surface area contributed by atoms with Gasteiger partial charge in [-0.05, 0) is 55.0 Å². The Kier molecular flexibility index (Phi) is 5.81. The fourth-order valence-electron chi connectivity index (χ4n) is 2.86. The number of aryl methyl sites for hydroxylation is 1. The first-order valence-corrected chi connectivity index (χ1v) is 10.3. The van der Waals surface area contributed by atoms with Gasteiger partial charge in [0.05, 0.1) is 12.0 Å². The molecule has 10 heteroatoms. The number of hydrogen-bond acceptors (Lipinski definition) is 5. The number of anilines is 1. The number of methoxy groups -OCH3 is 1. The van der Waals surface area contributed by atoms with Crippen LogP contribution < -0.4 is 10.0 Å². The number of aromatic nitrogens is 1. The largest absolute Gasteiger partial charge is 0.452 e. The van der Waals surface area contributed by atoms with E-state index in [-0.39, 0.29) is 17.3 Å². The van der Waals surface area contributed by atoms with Crippen molar-refractivity contribution in [3.8, 4) is 0 Å². The predicted octanol–water partition coefficient (Wildman–Crippen LogP) is 3.29. The summed E-state index contributed by atoms with van der Waals surface area (Å²) in [7, 11) is -2.98. The zero-order valence-corrected chi connectivity index (χ0v) is 17.2. The van der Waals surface area contributed by atoms with E-state index in [1.807, 2.05) is 29.8 Å². The van der Waals surface area contributed by atoms with Gasteiger partial charge in [-0.25, -0.2) is 17.9 Å². The molecule has 2 N–H and O–H groups in total. The molecule has 29 heavy (non-hydrogen) atoms. The van der Waals surface area contributed by atoms with Gasteiger partial charge in [-0.1, -0.05) is 11.6 Å². The summed E-state index contributed by atoms with van der Waals surface area (Å²) in [6, 6.07) is 10.9. The molecule has 2 amide bonds. The molecule has 0 saturated heterocycles. The van der Waals surface area contributed by atoms with Crippen molar-refractivity contribution in [3.05, 3.63) is 59.2 Å². The molecular weight excluding hydrogens is 418 g/mol. The van der Waals surface area contributed by atoms with Gasteiger partial charge in [0.15, 0.2) is 0 Å². The summed E-state index contributed by atoms with van der Waals surface area (Å²) in [5.74, 6) is -0.278. The minimum Gasteiger partial charge on any atom is -0.452 e. The standard InChI is InChI=1S/C19H18ClN3O5S/c1-12-10-23(17-8-3-13(20)9-16(12)17)11-18(24)21-14-4-6-15(7-5-14)29(26,27)22-19(25)28-2/h3-10H,11H2,1-2H3,(H,21,24)(H,22,25). The third-order valence-electron chi connectivity index (χ3n) is 4.21. The van der Waals surface area contributed by atoms with Gasteiger partial charge >= 0.3 is 6.09 Å². The summed E-state index contributed by atoms with van der Waals surface area (Å²) >= 11 is 6.03. The van der Waals surface area contributed by atoms with E-state index in [0.29, 0.717) is 10.7 Å². The SMILES string of the molecule is COC(=O)NS(=O)(=O)c1ccc(NC(=O)Cn2cc(C)c3cc(Cl)ccc32)cc1. The van der Waals surface area contributed by atoms with Crippen LogP contribution in [-0.4, -0.2) is 32.1 Å². The lowest BCUT2D eigenvalue weighted by molar-refractivity contribution is -0.116. The number of ether oxygens (including phenoxy) is 1. The number of rotatable bonds is 5. The maximum Gasteiger partial charge on any atom is 0.420 e. The van der Waals surface area contributed by atoms with Crippen LogP contribution in [0, 0.1) is 6.92 Å². The summed E-state index contributed by atoms with van der Waals surface area (Å²) in [5, 5.41) is 4.31. The second-order valence-electron chi connectivity index (χ2n) is 6.27. The Balaban J connectivity index is 1.71. The fraction of sp³-hybridized carbons (Fsp3) is 0.158. The van der Waals surface area contributed by atoms with Crippen molar-refractivity contribution in [2.24, 2.45) is 0 Å². The van der Waals surface area contributed by atoms with Crippen LogP contribution in [0.4, 0.5) is 10.5 Å². The lowest BCUT2D eigenvalue weighted by atomic mass is 10.2. The Hall–Kier alpha value is -3.04. The molecule has 0 aliphatic heterocycles. The lowest BCUT2D eigenvalue weighted by Crippen LogP contribution is -2.30. The number of carbonyl (C=O) groups is 2. The monoisotopic (exact) mass is 435 g/mol. The van der Waals surface area contributed by atoms with Crippen molar-refractivity contribution >= 4 is 50.2 Å². The normalized spacial score (nSPS) is 11.3. The van der Waals surface area contributed by atoms with Gasteiger partial charge < -0.3 is 14.6 Å². The van der Waals surface area contributed by atoms with Gasteiger partial charge in [-0.3, -0.25) is 4.79 Å². The van der Waals surface area contributed by atoms with Crippen LogP contribution in [0.1, 0.15) is 5.56 Å². The summed E-state index contributed by atoms with van der Waals surface area (Å²) in [6.07, 6.45) is 0.785. The zero-order valence-electron chi connectivity index (χ0n) is 15.6. The number of hydrogen-bond donors (Lipinski definition) is 2. The Morgan fingerprint density at radius 2 is 1.83 bits per heavy atom. The quantitative estimate of drug-likeness (QED) is 0.639. The van der Waals surface area contributed by atoms with Crippen molar-refractivity contribution < 1.29 is 22.7 Å². The topological polar surface area (TPSA) is 106 Å². The Morgan fingerprint density at radius 1 is 1.14 bits per heavy atom. The molecule has 8 nitrogen and oxygen atoms in total. The predicted molar refractivity (Wildman–Crippen MR) is 109 cm³/mol. The highest BCUT2D eigenvalue weighted by atomic mass is 35.5. The molecule has 0 aliphatic rings. The molecule has 0 bridgehead atoms. The minimum absolute atomic E-state index is 0.0793. The average Bonchev–Trinajstić information content (AvgIpc) is 2.96. The maximum atomic E-state index is 12.4. The van der Waals surface area contributed by atoms with E-state index in [9.17, 15) is 18.0 Å². The molecule has 1 heterocycles. The van der Waals surface area contributed by atoms with Gasteiger partial charge in [0, 0.05) is 27.8 Å². The first kappa shape index (κ1) is 20.7. The van der Waals surface area contributed by atoms with Crippen molar-refractivity contribution in [2.45, 2.75) is 18.4 Å². The molecule has 0 atom stereocenters. The first-order chi connectivity index (χ1) is 13.7. The highest BCUT2D eigenvalue weighted by Crippen LogP contribution is 2.24. The summed E-state index contributed by atoms with van der Waals surface area (Å²) in [5.41, 5.74) is 2.31. The number of sulfonamides is 1. The maximum absolute atomic E-state index is 12.4. The Morgan fingerprint density at radius 3 is 2.48 bits per heavy atom. The molecule has 0 spiro atoms.